The van der Waals surface area contributed by atoms with Crippen LogP contribution in [-0.4, -0.2) is 23.8 Å². The Morgan fingerprint density at radius 1 is 1.11 bits per heavy atom. The molecule has 0 atom stereocenters. The van der Waals surface area contributed by atoms with Crippen LogP contribution in [0.4, 0.5) is 0 Å². The summed E-state index contributed by atoms with van der Waals surface area (Å²) in [6, 6.07) is 15.9. The summed E-state index contributed by atoms with van der Waals surface area (Å²) in [4.78, 5) is 4.62. The lowest BCUT2D eigenvalue weighted by atomic mass is 10.0. The second kappa shape index (κ2) is 9.14. The van der Waals surface area contributed by atoms with Crippen molar-refractivity contribution in [1.29, 1.82) is 0 Å². The molecule has 0 radical (unpaired) electrons. The van der Waals surface area contributed by atoms with Gasteiger partial charge in [-0.3, -0.25) is 0 Å². The van der Waals surface area contributed by atoms with Gasteiger partial charge in [0, 0.05) is 11.1 Å². The Balaban J connectivity index is 1.90. The van der Waals surface area contributed by atoms with E-state index in [9.17, 15) is 0 Å². The van der Waals surface area contributed by atoms with Crippen LogP contribution in [-0.2, 0) is 0 Å². The minimum Gasteiger partial charge on any atom is -0.497 e. The van der Waals surface area contributed by atoms with Crippen molar-refractivity contribution in [2.45, 2.75) is 26.2 Å². The van der Waals surface area contributed by atoms with Crippen molar-refractivity contribution in [2.75, 3.05) is 13.7 Å². The van der Waals surface area contributed by atoms with E-state index in [-0.39, 0.29) is 0 Å². The van der Waals surface area contributed by atoms with Crippen LogP contribution in [0.1, 0.15) is 36.3 Å². The summed E-state index contributed by atoms with van der Waals surface area (Å²) in [5.41, 5.74) is 9.95. The molecule has 0 bridgehead atoms. The highest BCUT2D eigenvalue weighted by Gasteiger charge is 2.13. The molecule has 0 aliphatic carbocycles. The Kier molecular flexibility index (Phi) is 6.39. The van der Waals surface area contributed by atoms with E-state index in [0.717, 1.165) is 41.7 Å². The molecule has 0 unspecified atom stereocenters. The van der Waals surface area contributed by atoms with E-state index in [0.29, 0.717) is 18.3 Å². The third kappa shape index (κ3) is 4.83. The highest BCUT2D eigenvalue weighted by atomic mass is 16.5. The molecule has 3 rings (SSSR count). The highest BCUT2D eigenvalue weighted by molar-refractivity contribution is 5.79. The highest BCUT2D eigenvalue weighted by Crippen LogP contribution is 2.27. The molecule has 5 heteroatoms. The second-order valence-corrected chi connectivity index (χ2v) is 6.42. The van der Waals surface area contributed by atoms with Crippen LogP contribution in [0.25, 0.3) is 23.0 Å². The summed E-state index contributed by atoms with van der Waals surface area (Å²) in [6.07, 6.45) is 4.92. The molecule has 0 aliphatic rings. The minimum atomic E-state index is 0.557. The number of benzene rings is 2. The normalized spacial score (nSPS) is 11.6. The number of aryl methyl sites for hydroxylation is 1. The van der Waals surface area contributed by atoms with Gasteiger partial charge in [0.05, 0.1) is 7.11 Å². The fourth-order valence-corrected chi connectivity index (χ4v) is 2.85. The van der Waals surface area contributed by atoms with E-state index in [2.05, 4.69) is 35.3 Å². The SMILES string of the molecule is COc1ccc(-c2noc(/C(=C/c3ccccc3C)CCCCN)n2)cc1. The maximum atomic E-state index is 5.65. The Morgan fingerprint density at radius 3 is 2.59 bits per heavy atom. The molecule has 27 heavy (non-hydrogen) atoms. The molecule has 1 aromatic heterocycles. The van der Waals surface area contributed by atoms with Crippen LogP contribution < -0.4 is 10.5 Å². The molecular formula is C22H25N3O2. The van der Waals surface area contributed by atoms with Crippen LogP contribution >= 0.6 is 0 Å². The van der Waals surface area contributed by atoms with Gasteiger partial charge in [0.1, 0.15) is 5.75 Å². The maximum absolute atomic E-state index is 5.65. The number of unbranched alkanes of at least 4 members (excludes halogenated alkanes) is 1. The maximum Gasteiger partial charge on any atom is 0.254 e. The van der Waals surface area contributed by atoms with E-state index >= 15 is 0 Å². The zero-order valence-corrected chi connectivity index (χ0v) is 15.8. The molecular weight excluding hydrogens is 338 g/mol. The summed E-state index contributed by atoms with van der Waals surface area (Å²) in [5.74, 6) is 1.92. The van der Waals surface area contributed by atoms with Gasteiger partial charge in [-0.2, -0.15) is 4.98 Å². The number of ether oxygens (including phenoxy) is 1. The third-order valence-electron chi connectivity index (χ3n) is 4.47. The first-order chi connectivity index (χ1) is 13.2. The Morgan fingerprint density at radius 2 is 1.89 bits per heavy atom. The number of nitrogens with two attached hydrogens (primary N) is 1. The number of methoxy groups -OCH3 is 1. The number of hydrogen-bond acceptors (Lipinski definition) is 5. The van der Waals surface area contributed by atoms with E-state index in [1.54, 1.807) is 7.11 Å². The Hall–Kier alpha value is -2.92. The monoisotopic (exact) mass is 363 g/mol. The lowest BCUT2D eigenvalue weighted by Crippen LogP contribution is -1.98. The lowest BCUT2D eigenvalue weighted by Gasteiger charge is -2.05. The number of hydrogen-bond donors (Lipinski definition) is 1. The van der Waals surface area contributed by atoms with Gasteiger partial charge < -0.3 is 15.0 Å². The van der Waals surface area contributed by atoms with E-state index in [1.165, 1.54) is 5.56 Å². The van der Waals surface area contributed by atoms with Gasteiger partial charge in [-0.1, -0.05) is 29.4 Å². The molecule has 0 amide bonds. The quantitative estimate of drug-likeness (QED) is 0.586. The van der Waals surface area contributed by atoms with Crippen molar-refractivity contribution < 1.29 is 9.26 Å². The minimum absolute atomic E-state index is 0.557. The van der Waals surface area contributed by atoms with Gasteiger partial charge in [-0.25, -0.2) is 0 Å². The molecule has 2 aromatic carbocycles. The average Bonchev–Trinajstić information content (AvgIpc) is 3.19. The predicted molar refractivity (Wildman–Crippen MR) is 108 cm³/mol. The molecule has 3 aromatic rings. The van der Waals surface area contributed by atoms with Crippen molar-refractivity contribution >= 4 is 11.6 Å². The Bertz CT molecular complexity index is 898. The molecule has 0 spiro atoms. The summed E-state index contributed by atoms with van der Waals surface area (Å²) in [5, 5.41) is 4.16. The molecule has 0 aliphatic heterocycles. The van der Waals surface area contributed by atoms with Gasteiger partial charge in [0.2, 0.25) is 5.82 Å². The molecule has 2 N–H and O–H groups in total. The number of nitrogens with zero attached hydrogens (tertiary/aromatic N) is 2. The first kappa shape index (κ1) is 18.9. The standard InChI is InChI=1S/C22H25N3O2/c1-16-7-3-4-8-18(16)15-19(9-5-6-14-23)22-24-21(25-27-22)17-10-12-20(26-2)13-11-17/h3-4,7-8,10-13,15H,5-6,9,14,23H2,1-2H3/b19-15+. The van der Waals surface area contributed by atoms with Gasteiger partial charge in [-0.05, 0) is 74.2 Å². The molecule has 0 fully saturated rings. The van der Waals surface area contributed by atoms with Crippen LogP contribution in [0.5, 0.6) is 5.75 Å². The number of aromatic nitrogens is 2. The van der Waals surface area contributed by atoms with Gasteiger partial charge in [0.15, 0.2) is 0 Å². The largest absolute Gasteiger partial charge is 0.497 e. The van der Waals surface area contributed by atoms with Crippen LogP contribution in [0.15, 0.2) is 53.1 Å². The number of rotatable bonds is 8. The summed E-state index contributed by atoms with van der Waals surface area (Å²) >= 11 is 0. The summed E-state index contributed by atoms with van der Waals surface area (Å²) in [7, 11) is 1.64. The molecule has 140 valence electrons. The summed E-state index contributed by atoms with van der Waals surface area (Å²) in [6.45, 7) is 2.78. The first-order valence-electron chi connectivity index (χ1n) is 9.16. The lowest BCUT2D eigenvalue weighted by molar-refractivity contribution is 0.406. The van der Waals surface area contributed by atoms with Gasteiger partial charge >= 0.3 is 0 Å². The zero-order chi connectivity index (χ0) is 19.1. The smallest absolute Gasteiger partial charge is 0.254 e. The molecule has 5 nitrogen and oxygen atoms in total. The third-order valence-corrected chi connectivity index (χ3v) is 4.47. The van der Waals surface area contributed by atoms with E-state index in [4.69, 9.17) is 15.0 Å². The fourth-order valence-electron chi connectivity index (χ4n) is 2.85. The fraction of sp³-hybridized carbons (Fsp3) is 0.273. The summed E-state index contributed by atoms with van der Waals surface area (Å²) < 4.78 is 10.8. The second-order valence-electron chi connectivity index (χ2n) is 6.42. The zero-order valence-electron chi connectivity index (χ0n) is 15.8. The van der Waals surface area contributed by atoms with Crippen LogP contribution in [0.2, 0.25) is 0 Å². The van der Waals surface area contributed by atoms with E-state index < -0.39 is 0 Å². The van der Waals surface area contributed by atoms with Gasteiger partial charge in [0.25, 0.3) is 5.89 Å². The first-order valence-corrected chi connectivity index (χ1v) is 9.16. The average molecular weight is 363 g/mol. The van der Waals surface area contributed by atoms with Crippen molar-refractivity contribution in [3.63, 3.8) is 0 Å². The predicted octanol–water partition coefficient (Wildman–Crippen LogP) is 4.72. The van der Waals surface area contributed by atoms with E-state index in [1.807, 2.05) is 36.4 Å². The Labute approximate surface area is 159 Å². The van der Waals surface area contributed by atoms with Crippen LogP contribution in [0, 0.1) is 6.92 Å². The van der Waals surface area contributed by atoms with Crippen molar-refractivity contribution in [1.82, 2.24) is 10.1 Å². The topological polar surface area (TPSA) is 74.2 Å². The van der Waals surface area contributed by atoms with Gasteiger partial charge in [-0.15, -0.1) is 0 Å². The number of allylic oxidation sites excluding steroid dienone is 1. The van der Waals surface area contributed by atoms with Crippen molar-refractivity contribution in [3.05, 3.63) is 65.5 Å². The molecule has 0 saturated heterocycles. The molecule has 1 heterocycles. The van der Waals surface area contributed by atoms with Crippen molar-refractivity contribution in [2.24, 2.45) is 5.73 Å². The van der Waals surface area contributed by atoms with Crippen LogP contribution in [0.3, 0.4) is 0 Å². The van der Waals surface area contributed by atoms with Crippen molar-refractivity contribution in [3.8, 4) is 17.1 Å². The molecule has 0 saturated carbocycles.